The highest BCUT2D eigenvalue weighted by Crippen LogP contribution is 2.45. The molecule has 5 heteroatoms. The van der Waals surface area contributed by atoms with Gasteiger partial charge in [0, 0.05) is 5.56 Å². The maximum absolute atomic E-state index is 5.82. The summed E-state index contributed by atoms with van der Waals surface area (Å²) in [7, 11) is 3.32. The van der Waals surface area contributed by atoms with Crippen LogP contribution >= 0.6 is 15.9 Å². The molecule has 1 aromatic rings. The quantitative estimate of drug-likeness (QED) is 0.635. The second-order valence-electron chi connectivity index (χ2n) is 5.53. The van der Waals surface area contributed by atoms with Crippen molar-refractivity contribution in [2.24, 2.45) is 17.7 Å². The lowest BCUT2D eigenvalue weighted by molar-refractivity contribution is 0.338. The van der Waals surface area contributed by atoms with Gasteiger partial charge < -0.3 is 9.47 Å². The summed E-state index contributed by atoms with van der Waals surface area (Å²) in [6.45, 7) is 2.30. The third-order valence-corrected chi connectivity index (χ3v) is 4.99. The summed E-state index contributed by atoms with van der Waals surface area (Å²) in [4.78, 5) is 0. The lowest BCUT2D eigenvalue weighted by atomic mass is 9.90. The first-order chi connectivity index (χ1) is 9.62. The van der Waals surface area contributed by atoms with Crippen molar-refractivity contribution in [2.45, 2.75) is 32.2 Å². The van der Waals surface area contributed by atoms with Gasteiger partial charge in [-0.3, -0.25) is 11.3 Å². The third kappa shape index (κ3) is 2.95. The second kappa shape index (κ2) is 6.78. The number of hydrazine groups is 1. The van der Waals surface area contributed by atoms with Gasteiger partial charge in [-0.25, -0.2) is 0 Å². The fourth-order valence-electron chi connectivity index (χ4n) is 3.20. The fourth-order valence-corrected chi connectivity index (χ4v) is 3.88. The number of ether oxygens (including phenoxy) is 2. The van der Waals surface area contributed by atoms with Crippen LogP contribution in [0.25, 0.3) is 0 Å². The highest BCUT2D eigenvalue weighted by atomic mass is 79.9. The summed E-state index contributed by atoms with van der Waals surface area (Å²) in [6.07, 6.45) is 3.66. The molecule has 1 aromatic carbocycles. The Hall–Kier alpha value is -0.780. The number of benzene rings is 1. The molecule has 0 aromatic heterocycles. The number of methoxy groups -OCH3 is 2. The van der Waals surface area contributed by atoms with Crippen molar-refractivity contribution in [3.05, 3.63) is 22.2 Å². The number of halogens is 1. The Labute approximate surface area is 129 Å². The predicted octanol–water partition coefficient (Wildman–Crippen LogP) is 3.41. The number of hydrogen-bond donors (Lipinski definition) is 2. The van der Waals surface area contributed by atoms with Crippen LogP contribution in [0.5, 0.6) is 11.5 Å². The van der Waals surface area contributed by atoms with Gasteiger partial charge in [-0.2, -0.15) is 0 Å². The van der Waals surface area contributed by atoms with E-state index in [1.807, 2.05) is 12.1 Å². The zero-order chi connectivity index (χ0) is 14.7. The van der Waals surface area contributed by atoms with Gasteiger partial charge in [-0.05, 0) is 52.7 Å². The van der Waals surface area contributed by atoms with E-state index in [2.05, 4.69) is 28.3 Å². The second-order valence-corrected chi connectivity index (χ2v) is 6.32. The molecule has 1 fully saturated rings. The minimum absolute atomic E-state index is 0.108. The Morgan fingerprint density at radius 3 is 2.55 bits per heavy atom. The van der Waals surface area contributed by atoms with E-state index >= 15 is 0 Å². The molecule has 112 valence electrons. The van der Waals surface area contributed by atoms with Crippen LogP contribution in [0.1, 0.15) is 37.8 Å². The normalized spacial score (nSPS) is 23.6. The van der Waals surface area contributed by atoms with E-state index in [1.165, 1.54) is 19.3 Å². The molecule has 3 N–H and O–H groups in total. The number of nitrogens with two attached hydrogens (primary N) is 1. The van der Waals surface area contributed by atoms with Crippen LogP contribution < -0.4 is 20.7 Å². The molecule has 4 nitrogen and oxygen atoms in total. The van der Waals surface area contributed by atoms with Crippen LogP contribution in [0.3, 0.4) is 0 Å². The summed E-state index contributed by atoms with van der Waals surface area (Å²) in [5.41, 5.74) is 4.06. The summed E-state index contributed by atoms with van der Waals surface area (Å²) >= 11 is 3.55. The van der Waals surface area contributed by atoms with Gasteiger partial charge in [-0.15, -0.1) is 0 Å². The van der Waals surface area contributed by atoms with Gasteiger partial charge in [0.05, 0.1) is 20.3 Å². The summed E-state index contributed by atoms with van der Waals surface area (Å²) in [6, 6.07) is 4.10. The molecule has 3 atom stereocenters. The SMILES string of the molecule is COc1ccc(C(NN)C2CCC(C)C2)c(OC)c1Br. The molecule has 0 spiro atoms. The molecule has 0 bridgehead atoms. The summed E-state index contributed by atoms with van der Waals surface area (Å²) in [5, 5.41) is 0. The average molecular weight is 343 g/mol. The van der Waals surface area contributed by atoms with Crippen molar-refractivity contribution >= 4 is 15.9 Å². The number of rotatable bonds is 5. The van der Waals surface area contributed by atoms with Gasteiger partial charge in [0.15, 0.2) is 0 Å². The molecule has 0 amide bonds. The predicted molar refractivity (Wildman–Crippen MR) is 83.8 cm³/mol. The van der Waals surface area contributed by atoms with Crippen LogP contribution in [0.15, 0.2) is 16.6 Å². The standard InChI is InChI=1S/C15H23BrN2O2/c1-9-4-5-10(8-9)14(18-17)11-6-7-12(19-2)13(16)15(11)20-3/h6-7,9-10,14,18H,4-5,8,17H2,1-3H3. The molecular formula is C15H23BrN2O2. The van der Waals surface area contributed by atoms with E-state index in [-0.39, 0.29) is 6.04 Å². The van der Waals surface area contributed by atoms with Crippen molar-refractivity contribution in [1.29, 1.82) is 0 Å². The van der Waals surface area contributed by atoms with Gasteiger partial charge >= 0.3 is 0 Å². The van der Waals surface area contributed by atoms with Crippen LogP contribution in [-0.2, 0) is 0 Å². The van der Waals surface area contributed by atoms with E-state index in [0.29, 0.717) is 5.92 Å². The molecule has 1 aliphatic carbocycles. The Bertz CT molecular complexity index is 467. The van der Waals surface area contributed by atoms with Gasteiger partial charge in [0.1, 0.15) is 16.0 Å². The Kier molecular flexibility index (Phi) is 5.29. The molecule has 1 aliphatic rings. The Morgan fingerprint density at radius 1 is 1.30 bits per heavy atom. The fraction of sp³-hybridized carbons (Fsp3) is 0.600. The molecule has 20 heavy (non-hydrogen) atoms. The molecule has 0 saturated heterocycles. The monoisotopic (exact) mass is 342 g/mol. The number of nitrogens with one attached hydrogen (secondary N) is 1. The van der Waals surface area contributed by atoms with E-state index < -0.39 is 0 Å². The number of hydrogen-bond acceptors (Lipinski definition) is 4. The van der Waals surface area contributed by atoms with Crippen molar-refractivity contribution in [3.8, 4) is 11.5 Å². The molecule has 0 heterocycles. The zero-order valence-corrected chi connectivity index (χ0v) is 13.9. The molecule has 1 saturated carbocycles. The van der Waals surface area contributed by atoms with Gasteiger partial charge in [0.25, 0.3) is 0 Å². The lowest BCUT2D eigenvalue weighted by Crippen LogP contribution is -2.33. The lowest BCUT2D eigenvalue weighted by Gasteiger charge is -2.26. The van der Waals surface area contributed by atoms with Crippen LogP contribution in [0.4, 0.5) is 0 Å². The minimum Gasteiger partial charge on any atom is -0.495 e. The molecular weight excluding hydrogens is 320 g/mol. The molecule has 3 unspecified atom stereocenters. The van der Waals surface area contributed by atoms with E-state index in [1.54, 1.807) is 14.2 Å². The van der Waals surface area contributed by atoms with Gasteiger partial charge in [0.2, 0.25) is 0 Å². The minimum atomic E-state index is 0.108. The maximum Gasteiger partial charge on any atom is 0.141 e. The first-order valence-electron chi connectivity index (χ1n) is 6.98. The van der Waals surface area contributed by atoms with Crippen LogP contribution in [0.2, 0.25) is 0 Å². The Balaban J connectivity index is 2.36. The van der Waals surface area contributed by atoms with Crippen molar-refractivity contribution in [2.75, 3.05) is 14.2 Å². The topological polar surface area (TPSA) is 56.5 Å². The molecule has 2 rings (SSSR count). The zero-order valence-electron chi connectivity index (χ0n) is 12.3. The van der Waals surface area contributed by atoms with E-state index in [9.17, 15) is 0 Å². The van der Waals surface area contributed by atoms with Gasteiger partial charge in [-0.1, -0.05) is 13.3 Å². The maximum atomic E-state index is 5.82. The summed E-state index contributed by atoms with van der Waals surface area (Å²) < 4.78 is 11.7. The highest BCUT2D eigenvalue weighted by Gasteiger charge is 2.31. The smallest absolute Gasteiger partial charge is 0.141 e. The highest BCUT2D eigenvalue weighted by molar-refractivity contribution is 9.10. The van der Waals surface area contributed by atoms with Crippen LogP contribution in [-0.4, -0.2) is 14.2 Å². The van der Waals surface area contributed by atoms with E-state index in [0.717, 1.165) is 27.5 Å². The Morgan fingerprint density at radius 2 is 2.05 bits per heavy atom. The average Bonchev–Trinajstić information content (AvgIpc) is 2.86. The van der Waals surface area contributed by atoms with Crippen LogP contribution in [0, 0.1) is 11.8 Å². The van der Waals surface area contributed by atoms with Crippen molar-refractivity contribution in [1.82, 2.24) is 5.43 Å². The van der Waals surface area contributed by atoms with Crippen molar-refractivity contribution < 1.29 is 9.47 Å². The first-order valence-corrected chi connectivity index (χ1v) is 7.78. The largest absolute Gasteiger partial charge is 0.495 e. The first kappa shape index (κ1) is 15.6. The third-order valence-electron chi connectivity index (χ3n) is 4.24. The summed E-state index contributed by atoms with van der Waals surface area (Å²) in [5.74, 6) is 8.70. The molecule has 0 radical (unpaired) electrons. The van der Waals surface area contributed by atoms with E-state index in [4.69, 9.17) is 15.3 Å². The molecule has 0 aliphatic heterocycles. The van der Waals surface area contributed by atoms with Crippen molar-refractivity contribution in [3.63, 3.8) is 0 Å².